The zero-order chi connectivity index (χ0) is 22.5. The third-order valence-electron chi connectivity index (χ3n) is 4.54. The molecule has 2 amide bonds. The van der Waals surface area contributed by atoms with Gasteiger partial charge in [0.05, 0.1) is 19.0 Å². The number of hydrogen-bond donors (Lipinski definition) is 2. The van der Waals surface area contributed by atoms with Gasteiger partial charge in [-0.3, -0.25) is 9.69 Å². The Labute approximate surface area is 176 Å². The Morgan fingerprint density at radius 3 is 2.43 bits per heavy atom. The summed E-state index contributed by atoms with van der Waals surface area (Å²) in [5, 5.41) is 12.3. The number of pyridine rings is 1. The van der Waals surface area contributed by atoms with Crippen LogP contribution in [0.3, 0.4) is 0 Å². The molecular formula is C22H29N3O5. The molecule has 0 aliphatic carbocycles. The van der Waals surface area contributed by atoms with Gasteiger partial charge in [0.25, 0.3) is 0 Å². The van der Waals surface area contributed by atoms with Gasteiger partial charge in [0.2, 0.25) is 11.8 Å². The van der Waals surface area contributed by atoms with E-state index in [9.17, 15) is 14.7 Å². The lowest BCUT2D eigenvalue weighted by atomic mass is 10.0. The predicted molar refractivity (Wildman–Crippen MR) is 114 cm³/mol. The normalized spacial score (nSPS) is 12.1. The molecule has 30 heavy (non-hydrogen) atoms. The molecule has 0 saturated carbocycles. The quantitative estimate of drug-likeness (QED) is 0.680. The highest BCUT2D eigenvalue weighted by molar-refractivity contribution is 5.96. The molecule has 0 radical (unpaired) electrons. The Kier molecular flexibility index (Phi) is 7.26. The maximum Gasteiger partial charge on any atom is 0.408 e. The maximum absolute atomic E-state index is 12.7. The molecule has 162 valence electrons. The highest BCUT2D eigenvalue weighted by atomic mass is 16.5. The van der Waals surface area contributed by atoms with Crippen molar-refractivity contribution in [3.63, 3.8) is 0 Å². The lowest BCUT2D eigenvalue weighted by Crippen LogP contribution is -2.55. The third-order valence-corrected chi connectivity index (χ3v) is 4.54. The number of aryl methyl sites for hydroxylation is 1. The van der Waals surface area contributed by atoms with Crippen molar-refractivity contribution in [3.8, 4) is 17.4 Å². The largest absolute Gasteiger partial charge is 0.496 e. The molecule has 2 aromatic rings. The standard InChI is InChI=1S/C22H29N3O5/c1-7-17(25(21(27)28)22(3,4)5)20(26)24-15-9-11-19(23-13-15)30-16-10-8-14(2)18(12-16)29-6/h8-13,17H,7H2,1-6H3,(H,24,26)(H,27,28)/t17-/m1/s1. The third kappa shape index (κ3) is 5.62. The number of nitrogens with one attached hydrogen (secondary N) is 1. The molecule has 0 saturated heterocycles. The van der Waals surface area contributed by atoms with Gasteiger partial charge in [-0.25, -0.2) is 9.78 Å². The molecule has 8 heteroatoms. The second-order valence-electron chi connectivity index (χ2n) is 7.86. The number of aromatic nitrogens is 1. The molecule has 0 aliphatic heterocycles. The first-order valence-corrected chi connectivity index (χ1v) is 9.68. The van der Waals surface area contributed by atoms with Crippen LogP contribution in [0.4, 0.5) is 10.5 Å². The van der Waals surface area contributed by atoms with Gasteiger partial charge in [0.1, 0.15) is 17.5 Å². The molecule has 1 atom stereocenters. The number of carbonyl (C=O) groups excluding carboxylic acids is 1. The number of hydrogen-bond acceptors (Lipinski definition) is 5. The van der Waals surface area contributed by atoms with Crippen LogP contribution in [-0.4, -0.2) is 45.7 Å². The fourth-order valence-corrected chi connectivity index (χ4v) is 3.10. The van der Waals surface area contributed by atoms with E-state index in [1.54, 1.807) is 53.0 Å². The fourth-order valence-electron chi connectivity index (χ4n) is 3.10. The minimum absolute atomic E-state index is 0.347. The van der Waals surface area contributed by atoms with Crippen LogP contribution in [0, 0.1) is 6.92 Å². The minimum Gasteiger partial charge on any atom is -0.496 e. The van der Waals surface area contributed by atoms with Gasteiger partial charge in [-0.2, -0.15) is 0 Å². The van der Waals surface area contributed by atoms with Crippen LogP contribution in [-0.2, 0) is 4.79 Å². The second-order valence-corrected chi connectivity index (χ2v) is 7.86. The van der Waals surface area contributed by atoms with E-state index in [1.807, 2.05) is 19.1 Å². The van der Waals surface area contributed by atoms with E-state index in [-0.39, 0.29) is 0 Å². The summed E-state index contributed by atoms with van der Waals surface area (Å²) < 4.78 is 11.0. The van der Waals surface area contributed by atoms with Crippen molar-refractivity contribution >= 4 is 17.7 Å². The monoisotopic (exact) mass is 415 g/mol. The molecule has 0 unspecified atom stereocenters. The summed E-state index contributed by atoms with van der Waals surface area (Å²) in [7, 11) is 1.59. The Hall–Kier alpha value is -3.29. The van der Waals surface area contributed by atoms with Gasteiger partial charge in [-0.05, 0) is 51.8 Å². The van der Waals surface area contributed by atoms with Crippen LogP contribution in [0.1, 0.15) is 39.7 Å². The zero-order valence-corrected chi connectivity index (χ0v) is 18.2. The van der Waals surface area contributed by atoms with Crippen molar-refractivity contribution in [1.82, 2.24) is 9.88 Å². The van der Waals surface area contributed by atoms with Crippen LogP contribution in [0.5, 0.6) is 17.4 Å². The highest BCUT2D eigenvalue weighted by Crippen LogP contribution is 2.27. The van der Waals surface area contributed by atoms with Crippen LogP contribution in [0.25, 0.3) is 0 Å². The Bertz CT molecular complexity index is 891. The second kappa shape index (κ2) is 9.47. The van der Waals surface area contributed by atoms with Gasteiger partial charge in [0.15, 0.2) is 0 Å². The molecule has 1 aromatic carbocycles. The average molecular weight is 415 g/mol. The van der Waals surface area contributed by atoms with E-state index in [4.69, 9.17) is 9.47 Å². The minimum atomic E-state index is -1.14. The Morgan fingerprint density at radius 2 is 1.93 bits per heavy atom. The van der Waals surface area contributed by atoms with E-state index >= 15 is 0 Å². The van der Waals surface area contributed by atoms with Gasteiger partial charge in [0, 0.05) is 17.7 Å². The van der Waals surface area contributed by atoms with Crippen molar-refractivity contribution in [2.24, 2.45) is 0 Å². The number of nitrogens with zero attached hydrogens (tertiary/aromatic N) is 2. The van der Waals surface area contributed by atoms with Gasteiger partial charge < -0.3 is 19.9 Å². The summed E-state index contributed by atoms with van der Waals surface area (Å²) >= 11 is 0. The molecule has 2 rings (SSSR count). The number of ether oxygens (including phenoxy) is 2. The van der Waals surface area contributed by atoms with Crippen molar-refractivity contribution in [2.45, 2.75) is 52.6 Å². The van der Waals surface area contributed by atoms with E-state index < -0.39 is 23.6 Å². The first-order valence-electron chi connectivity index (χ1n) is 9.68. The van der Waals surface area contributed by atoms with Crippen molar-refractivity contribution in [2.75, 3.05) is 12.4 Å². The molecule has 0 bridgehead atoms. The number of amides is 2. The number of benzene rings is 1. The fraction of sp³-hybridized carbons (Fsp3) is 0.409. The summed E-state index contributed by atoms with van der Waals surface area (Å²) in [5.41, 5.74) is 0.730. The summed E-state index contributed by atoms with van der Waals surface area (Å²) in [6, 6.07) is 7.93. The number of rotatable bonds is 7. The van der Waals surface area contributed by atoms with E-state index in [1.165, 1.54) is 6.20 Å². The summed E-state index contributed by atoms with van der Waals surface area (Å²) in [5.74, 6) is 1.24. The SMILES string of the molecule is CC[C@H](C(=O)Nc1ccc(Oc2ccc(C)c(OC)c2)nc1)N(C(=O)O)C(C)(C)C. The first-order chi connectivity index (χ1) is 14.1. The highest BCUT2D eigenvalue weighted by Gasteiger charge is 2.36. The topological polar surface area (TPSA) is 101 Å². The lowest BCUT2D eigenvalue weighted by Gasteiger charge is -2.38. The summed E-state index contributed by atoms with van der Waals surface area (Å²) in [6.07, 6.45) is 0.673. The van der Waals surface area contributed by atoms with E-state index in [2.05, 4.69) is 10.3 Å². The molecule has 0 fully saturated rings. The van der Waals surface area contributed by atoms with E-state index in [0.29, 0.717) is 29.5 Å². The number of anilines is 1. The first kappa shape index (κ1) is 23.0. The molecule has 0 aliphatic rings. The predicted octanol–water partition coefficient (Wildman–Crippen LogP) is 4.69. The van der Waals surface area contributed by atoms with Crippen molar-refractivity contribution in [3.05, 3.63) is 42.1 Å². The van der Waals surface area contributed by atoms with Crippen LogP contribution >= 0.6 is 0 Å². The number of carboxylic acid groups (broad SMARTS) is 1. The van der Waals surface area contributed by atoms with Gasteiger partial charge >= 0.3 is 6.09 Å². The molecular weight excluding hydrogens is 386 g/mol. The van der Waals surface area contributed by atoms with Crippen LogP contribution < -0.4 is 14.8 Å². The Morgan fingerprint density at radius 1 is 1.23 bits per heavy atom. The molecule has 0 spiro atoms. The van der Waals surface area contributed by atoms with Crippen LogP contribution in [0.15, 0.2) is 36.5 Å². The average Bonchev–Trinajstić information content (AvgIpc) is 2.67. The molecule has 1 aromatic heterocycles. The molecule has 1 heterocycles. The number of methoxy groups -OCH3 is 1. The lowest BCUT2D eigenvalue weighted by molar-refractivity contribution is -0.122. The van der Waals surface area contributed by atoms with E-state index in [0.717, 1.165) is 10.5 Å². The van der Waals surface area contributed by atoms with Gasteiger partial charge in [-0.15, -0.1) is 0 Å². The van der Waals surface area contributed by atoms with Crippen molar-refractivity contribution < 1.29 is 24.2 Å². The number of carbonyl (C=O) groups is 2. The van der Waals surface area contributed by atoms with Crippen LogP contribution in [0.2, 0.25) is 0 Å². The van der Waals surface area contributed by atoms with Gasteiger partial charge in [-0.1, -0.05) is 13.0 Å². The van der Waals surface area contributed by atoms with Crippen molar-refractivity contribution in [1.29, 1.82) is 0 Å². The molecule has 2 N–H and O–H groups in total. The zero-order valence-electron chi connectivity index (χ0n) is 18.2. The smallest absolute Gasteiger partial charge is 0.408 e. The Balaban J connectivity index is 2.10. The summed E-state index contributed by atoms with van der Waals surface area (Å²) in [6.45, 7) is 8.98. The maximum atomic E-state index is 12.7. The summed E-state index contributed by atoms with van der Waals surface area (Å²) in [4.78, 5) is 29.8. The molecule has 8 nitrogen and oxygen atoms in total.